The van der Waals surface area contributed by atoms with Crippen molar-refractivity contribution < 1.29 is 0 Å². The second kappa shape index (κ2) is 5.24. The van der Waals surface area contributed by atoms with Crippen LogP contribution in [0.1, 0.15) is 5.69 Å². The molecule has 0 N–H and O–H groups in total. The third kappa shape index (κ3) is 2.51. The van der Waals surface area contributed by atoms with Crippen LogP contribution in [0, 0.1) is 6.92 Å². The minimum absolute atomic E-state index is 0.981. The summed E-state index contributed by atoms with van der Waals surface area (Å²) in [6, 6.07) is 20.4. The van der Waals surface area contributed by atoms with Crippen molar-refractivity contribution in [3.8, 4) is 5.69 Å². The molecule has 2 nitrogen and oxygen atoms in total. The summed E-state index contributed by atoms with van der Waals surface area (Å²) in [6.07, 6.45) is 0. The second-order valence-electron chi connectivity index (χ2n) is 4.28. The number of para-hydroxylation sites is 2. The van der Waals surface area contributed by atoms with Crippen molar-refractivity contribution in [2.75, 3.05) is 0 Å². The number of rotatable bonds is 2. The standard InChI is InChI=1S/C16H14N2S/c1-13-12-19-16(17-14-8-4-2-5-9-14)18(13)15-10-6-3-7-11-15/h2-12H,1H3. The highest BCUT2D eigenvalue weighted by Crippen LogP contribution is 2.13. The molecule has 0 aliphatic heterocycles. The molecule has 0 spiro atoms. The average Bonchev–Trinajstić information content (AvgIpc) is 2.82. The summed E-state index contributed by atoms with van der Waals surface area (Å²) in [6.45, 7) is 2.10. The molecule has 0 aliphatic carbocycles. The minimum atomic E-state index is 0.981. The quantitative estimate of drug-likeness (QED) is 0.665. The van der Waals surface area contributed by atoms with Crippen LogP contribution in [0.4, 0.5) is 5.69 Å². The van der Waals surface area contributed by atoms with Crippen LogP contribution in [0.5, 0.6) is 0 Å². The lowest BCUT2D eigenvalue weighted by atomic mass is 10.3. The minimum Gasteiger partial charge on any atom is -0.290 e. The van der Waals surface area contributed by atoms with Crippen LogP contribution in [0.15, 0.2) is 71.0 Å². The fourth-order valence-corrected chi connectivity index (χ4v) is 2.87. The highest BCUT2D eigenvalue weighted by molar-refractivity contribution is 7.07. The first-order valence-corrected chi connectivity index (χ1v) is 7.05. The van der Waals surface area contributed by atoms with Crippen LogP contribution in [-0.4, -0.2) is 4.57 Å². The Morgan fingerprint density at radius 2 is 1.53 bits per heavy atom. The van der Waals surface area contributed by atoms with Gasteiger partial charge in [-0.1, -0.05) is 36.4 Å². The van der Waals surface area contributed by atoms with Gasteiger partial charge in [-0.15, -0.1) is 11.3 Å². The van der Waals surface area contributed by atoms with Gasteiger partial charge in [0.25, 0.3) is 0 Å². The fraction of sp³-hybridized carbons (Fsp3) is 0.0625. The number of aromatic nitrogens is 1. The number of aryl methyl sites for hydroxylation is 1. The molecule has 19 heavy (non-hydrogen) atoms. The Hall–Kier alpha value is -2.13. The molecule has 3 aromatic rings. The summed E-state index contributed by atoms with van der Waals surface area (Å²) in [4.78, 5) is 5.72. The average molecular weight is 266 g/mol. The molecule has 0 amide bonds. The van der Waals surface area contributed by atoms with Gasteiger partial charge in [0.2, 0.25) is 0 Å². The van der Waals surface area contributed by atoms with E-state index in [1.54, 1.807) is 11.3 Å². The van der Waals surface area contributed by atoms with E-state index < -0.39 is 0 Å². The first kappa shape index (κ1) is 11.9. The molecule has 0 unspecified atom stereocenters. The Labute approximate surface area is 116 Å². The monoisotopic (exact) mass is 266 g/mol. The van der Waals surface area contributed by atoms with Gasteiger partial charge in [0, 0.05) is 16.8 Å². The van der Waals surface area contributed by atoms with Crippen molar-refractivity contribution >= 4 is 17.0 Å². The van der Waals surface area contributed by atoms with Crippen LogP contribution < -0.4 is 4.80 Å². The lowest BCUT2D eigenvalue weighted by Crippen LogP contribution is -2.13. The van der Waals surface area contributed by atoms with Gasteiger partial charge in [0.15, 0.2) is 4.80 Å². The molecule has 0 radical (unpaired) electrons. The number of thiazole rings is 1. The number of hydrogen-bond acceptors (Lipinski definition) is 2. The van der Waals surface area contributed by atoms with E-state index in [0.717, 1.165) is 16.2 Å². The second-order valence-corrected chi connectivity index (χ2v) is 5.11. The summed E-state index contributed by atoms with van der Waals surface area (Å²) >= 11 is 1.66. The Bertz CT molecular complexity index is 724. The molecule has 2 aromatic carbocycles. The van der Waals surface area contributed by atoms with Gasteiger partial charge in [-0.3, -0.25) is 4.57 Å². The van der Waals surface area contributed by atoms with Gasteiger partial charge in [0.05, 0.1) is 5.69 Å². The van der Waals surface area contributed by atoms with Crippen molar-refractivity contribution in [2.24, 2.45) is 4.99 Å². The summed E-state index contributed by atoms with van der Waals surface area (Å²) in [5, 5.41) is 2.13. The van der Waals surface area contributed by atoms with Crippen molar-refractivity contribution in [3.05, 3.63) is 76.5 Å². The number of hydrogen-bond donors (Lipinski definition) is 0. The third-order valence-corrected chi connectivity index (χ3v) is 3.82. The highest BCUT2D eigenvalue weighted by atomic mass is 32.1. The van der Waals surface area contributed by atoms with Crippen molar-refractivity contribution in [1.29, 1.82) is 0 Å². The summed E-state index contributed by atoms with van der Waals surface area (Å²) < 4.78 is 2.18. The van der Waals surface area contributed by atoms with E-state index in [9.17, 15) is 0 Å². The zero-order valence-electron chi connectivity index (χ0n) is 10.7. The number of nitrogens with zero attached hydrogens (tertiary/aromatic N) is 2. The molecule has 0 atom stereocenters. The summed E-state index contributed by atoms with van der Waals surface area (Å²) in [5.74, 6) is 0. The Kier molecular flexibility index (Phi) is 3.29. The molecule has 0 aliphatic rings. The lowest BCUT2D eigenvalue weighted by Gasteiger charge is -2.05. The Morgan fingerprint density at radius 1 is 0.895 bits per heavy atom. The Morgan fingerprint density at radius 3 is 2.21 bits per heavy atom. The molecule has 1 aromatic heterocycles. The first-order chi connectivity index (χ1) is 9.34. The molecule has 3 heteroatoms. The van der Waals surface area contributed by atoms with Gasteiger partial charge < -0.3 is 0 Å². The predicted molar refractivity (Wildman–Crippen MR) is 80.0 cm³/mol. The van der Waals surface area contributed by atoms with E-state index in [4.69, 9.17) is 4.99 Å². The van der Waals surface area contributed by atoms with E-state index in [1.165, 1.54) is 5.69 Å². The van der Waals surface area contributed by atoms with E-state index in [2.05, 4.69) is 29.0 Å². The van der Waals surface area contributed by atoms with Crippen LogP contribution in [0.2, 0.25) is 0 Å². The maximum atomic E-state index is 4.72. The van der Waals surface area contributed by atoms with Gasteiger partial charge in [-0.25, -0.2) is 4.99 Å². The van der Waals surface area contributed by atoms with Crippen LogP contribution in [0.3, 0.4) is 0 Å². The fourth-order valence-electron chi connectivity index (χ4n) is 1.97. The third-order valence-electron chi connectivity index (χ3n) is 2.87. The maximum absolute atomic E-state index is 4.72. The largest absolute Gasteiger partial charge is 0.290 e. The molecular formula is C16H14N2S. The van der Waals surface area contributed by atoms with Crippen LogP contribution in [-0.2, 0) is 0 Å². The first-order valence-electron chi connectivity index (χ1n) is 6.17. The summed E-state index contributed by atoms with van der Waals surface area (Å²) in [7, 11) is 0. The molecule has 3 rings (SSSR count). The van der Waals surface area contributed by atoms with Crippen LogP contribution >= 0.6 is 11.3 Å². The van der Waals surface area contributed by atoms with Gasteiger partial charge >= 0.3 is 0 Å². The van der Waals surface area contributed by atoms with Gasteiger partial charge in [-0.2, -0.15) is 0 Å². The molecule has 0 fully saturated rings. The maximum Gasteiger partial charge on any atom is 0.194 e. The molecule has 94 valence electrons. The van der Waals surface area contributed by atoms with E-state index in [0.29, 0.717) is 0 Å². The van der Waals surface area contributed by atoms with E-state index >= 15 is 0 Å². The molecule has 0 bridgehead atoms. The Balaban J connectivity index is 2.17. The van der Waals surface area contributed by atoms with Gasteiger partial charge in [0.1, 0.15) is 0 Å². The molecule has 1 heterocycles. The van der Waals surface area contributed by atoms with E-state index in [-0.39, 0.29) is 0 Å². The SMILES string of the molecule is Cc1csc(=Nc2ccccc2)n1-c1ccccc1. The van der Waals surface area contributed by atoms with Crippen molar-refractivity contribution in [2.45, 2.75) is 6.92 Å². The zero-order chi connectivity index (χ0) is 13.1. The molecular weight excluding hydrogens is 252 g/mol. The summed E-state index contributed by atoms with van der Waals surface area (Å²) in [5.41, 5.74) is 3.33. The van der Waals surface area contributed by atoms with Crippen molar-refractivity contribution in [1.82, 2.24) is 4.57 Å². The zero-order valence-corrected chi connectivity index (χ0v) is 11.5. The van der Waals surface area contributed by atoms with Crippen molar-refractivity contribution in [3.63, 3.8) is 0 Å². The smallest absolute Gasteiger partial charge is 0.194 e. The lowest BCUT2D eigenvalue weighted by molar-refractivity contribution is 0.954. The van der Waals surface area contributed by atoms with Crippen LogP contribution in [0.25, 0.3) is 5.69 Å². The normalized spacial score (nSPS) is 11.7. The van der Waals surface area contributed by atoms with Gasteiger partial charge in [-0.05, 0) is 31.2 Å². The predicted octanol–water partition coefficient (Wildman–Crippen LogP) is 4.08. The molecule has 0 saturated carbocycles. The highest BCUT2D eigenvalue weighted by Gasteiger charge is 2.03. The molecule has 0 saturated heterocycles. The number of benzene rings is 2. The van der Waals surface area contributed by atoms with E-state index in [1.807, 2.05) is 48.5 Å². The topological polar surface area (TPSA) is 17.3 Å².